The van der Waals surface area contributed by atoms with Crippen molar-refractivity contribution in [1.29, 1.82) is 0 Å². The van der Waals surface area contributed by atoms with Crippen molar-refractivity contribution in [1.82, 2.24) is 5.32 Å². The molecule has 0 saturated heterocycles. The van der Waals surface area contributed by atoms with E-state index < -0.39 is 0 Å². The monoisotopic (exact) mass is 329 g/mol. The van der Waals surface area contributed by atoms with Crippen molar-refractivity contribution in [3.8, 4) is 0 Å². The molecule has 4 heteroatoms. The summed E-state index contributed by atoms with van der Waals surface area (Å²) in [4.78, 5) is 13.7. The number of benzene rings is 2. The second-order valence-corrected chi connectivity index (χ2v) is 7.25. The van der Waals surface area contributed by atoms with Gasteiger partial charge >= 0.3 is 0 Å². The van der Waals surface area contributed by atoms with Crippen LogP contribution in [0.5, 0.6) is 0 Å². The first-order valence-corrected chi connectivity index (χ1v) is 8.70. The van der Waals surface area contributed by atoms with E-state index in [9.17, 15) is 9.18 Å². The highest BCUT2D eigenvalue weighted by atomic mass is 32.2. The molecule has 1 N–H and O–H groups in total. The summed E-state index contributed by atoms with van der Waals surface area (Å²) < 4.78 is 13.2. The predicted octanol–water partition coefficient (Wildman–Crippen LogP) is 4.55. The van der Waals surface area contributed by atoms with Crippen molar-refractivity contribution in [2.45, 2.75) is 42.9 Å². The molecule has 0 aliphatic heterocycles. The minimum absolute atomic E-state index is 0.00464. The normalized spacial score (nSPS) is 15.3. The van der Waals surface area contributed by atoms with Gasteiger partial charge in [0.2, 0.25) is 5.91 Å². The summed E-state index contributed by atoms with van der Waals surface area (Å²) in [5.74, 6) is -0.281. The molecule has 2 aromatic rings. The molecule has 1 saturated carbocycles. The first-order valence-electron chi connectivity index (χ1n) is 7.82. The first kappa shape index (κ1) is 16.1. The molecule has 0 spiro atoms. The van der Waals surface area contributed by atoms with Gasteiger partial charge in [0.25, 0.3) is 0 Å². The molecule has 1 aliphatic carbocycles. The third kappa shape index (κ3) is 4.14. The van der Waals surface area contributed by atoms with Gasteiger partial charge in [-0.15, -0.1) is 11.8 Å². The van der Waals surface area contributed by atoms with Crippen LogP contribution in [0, 0.1) is 19.7 Å². The number of nitrogens with one attached hydrogen (secondary N) is 1. The Morgan fingerprint density at radius 1 is 1.17 bits per heavy atom. The standard InChI is InChI=1S/C19H20FNOS/c1-12-3-4-13(2)17(11-12)23-18(19(22)21-16-9-10-16)14-5-7-15(20)8-6-14/h3-8,11,16,18H,9-10H2,1-2H3,(H,21,22)/t18-/m1/s1. The van der Waals surface area contributed by atoms with E-state index in [1.807, 2.05) is 13.8 Å². The quantitative estimate of drug-likeness (QED) is 0.815. The zero-order valence-electron chi connectivity index (χ0n) is 13.3. The minimum atomic E-state index is -0.364. The van der Waals surface area contributed by atoms with Gasteiger partial charge in [0, 0.05) is 10.9 Å². The summed E-state index contributed by atoms with van der Waals surface area (Å²) in [5, 5.41) is 2.70. The maximum atomic E-state index is 13.2. The second-order valence-electron chi connectivity index (χ2n) is 6.10. The van der Waals surface area contributed by atoms with Crippen LogP contribution < -0.4 is 5.32 Å². The average Bonchev–Trinajstić information content (AvgIpc) is 3.33. The lowest BCUT2D eigenvalue weighted by Gasteiger charge is -2.18. The number of halogens is 1. The third-order valence-electron chi connectivity index (χ3n) is 3.92. The van der Waals surface area contributed by atoms with Crippen molar-refractivity contribution in [3.05, 3.63) is 65.0 Å². The molecule has 0 aromatic heterocycles. The van der Waals surface area contributed by atoms with Gasteiger partial charge in [-0.2, -0.15) is 0 Å². The Hall–Kier alpha value is -1.81. The third-order valence-corrected chi connectivity index (χ3v) is 5.34. The molecule has 0 unspecified atom stereocenters. The molecule has 23 heavy (non-hydrogen) atoms. The number of rotatable bonds is 5. The lowest BCUT2D eigenvalue weighted by atomic mass is 10.1. The van der Waals surface area contributed by atoms with Crippen molar-refractivity contribution in [2.24, 2.45) is 0 Å². The van der Waals surface area contributed by atoms with E-state index in [1.54, 1.807) is 12.1 Å². The van der Waals surface area contributed by atoms with Crippen LogP contribution >= 0.6 is 11.8 Å². The highest BCUT2D eigenvalue weighted by Gasteiger charge is 2.29. The summed E-state index contributed by atoms with van der Waals surface area (Å²) >= 11 is 1.53. The molecule has 1 aliphatic rings. The number of hydrogen-bond donors (Lipinski definition) is 1. The predicted molar refractivity (Wildman–Crippen MR) is 92.1 cm³/mol. The number of carbonyl (C=O) groups excluding carboxylic acids is 1. The molecule has 1 amide bonds. The average molecular weight is 329 g/mol. The summed E-state index contributed by atoms with van der Waals surface area (Å²) in [6.45, 7) is 4.09. The molecule has 2 aromatic carbocycles. The summed E-state index contributed by atoms with van der Waals surface area (Å²) in [5.41, 5.74) is 3.14. The molecule has 1 atom stereocenters. The minimum Gasteiger partial charge on any atom is -0.352 e. The number of hydrogen-bond acceptors (Lipinski definition) is 2. The Morgan fingerprint density at radius 2 is 1.87 bits per heavy atom. The van der Waals surface area contributed by atoms with E-state index in [2.05, 4.69) is 23.5 Å². The van der Waals surface area contributed by atoms with E-state index in [0.717, 1.165) is 28.9 Å². The van der Waals surface area contributed by atoms with Gasteiger partial charge in [-0.3, -0.25) is 4.79 Å². The molecule has 0 heterocycles. The summed E-state index contributed by atoms with van der Waals surface area (Å²) in [6, 6.07) is 12.8. The van der Waals surface area contributed by atoms with Crippen molar-refractivity contribution >= 4 is 17.7 Å². The first-order chi connectivity index (χ1) is 11.0. The van der Waals surface area contributed by atoms with E-state index >= 15 is 0 Å². The maximum absolute atomic E-state index is 13.2. The van der Waals surface area contributed by atoms with E-state index in [-0.39, 0.29) is 17.0 Å². The van der Waals surface area contributed by atoms with Gasteiger partial charge in [0.05, 0.1) is 0 Å². The van der Waals surface area contributed by atoms with Crippen LogP contribution in [0.25, 0.3) is 0 Å². The van der Waals surface area contributed by atoms with E-state index in [0.29, 0.717) is 6.04 Å². The highest BCUT2D eigenvalue weighted by Crippen LogP contribution is 2.38. The molecule has 0 bridgehead atoms. The molecule has 2 nitrogen and oxygen atoms in total. The zero-order valence-corrected chi connectivity index (χ0v) is 14.1. The van der Waals surface area contributed by atoms with Gasteiger partial charge in [0.1, 0.15) is 11.1 Å². The van der Waals surface area contributed by atoms with Gasteiger partial charge < -0.3 is 5.32 Å². The Balaban J connectivity index is 1.88. The smallest absolute Gasteiger partial charge is 0.238 e. The Bertz CT molecular complexity index is 710. The lowest BCUT2D eigenvalue weighted by molar-refractivity contribution is -0.120. The molecule has 1 fully saturated rings. The van der Waals surface area contributed by atoms with Gasteiger partial charge in [-0.25, -0.2) is 4.39 Å². The highest BCUT2D eigenvalue weighted by molar-refractivity contribution is 8.00. The van der Waals surface area contributed by atoms with Crippen LogP contribution in [-0.4, -0.2) is 11.9 Å². The Labute approximate surface area is 140 Å². The number of aryl methyl sites for hydroxylation is 2. The van der Waals surface area contributed by atoms with Crippen LogP contribution in [0.1, 0.15) is 34.8 Å². The van der Waals surface area contributed by atoms with Crippen molar-refractivity contribution < 1.29 is 9.18 Å². The second kappa shape index (κ2) is 6.75. The number of amides is 1. The van der Waals surface area contributed by atoms with Crippen molar-refractivity contribution in [2.75, 3.05) is 0 Å². The summed E-state index contributed by atoms with van der Waals surface area (Å²) in [7, 11) is 0. The number of carbonyl (C=O) groups is 1. The largest absolute Gasteiger partial charge is 0.352 e. The Kier molecular flexibility index (Phi) is 4.71. The van der Waals surface area contributed by atoms with Crippen LogP contribution in [0.15, 0.2) is 47.4 Å². The maximum Gasteiger partial charge on any atom is 0.238 e. The molecule has 3 rings (SSSR count). The molecule has 0 radical (unpaired) electrons. The van der Waals surface area contributed by atoms with Crippen LogP contribution in [0.3, 0.4) is 0 Å². The number of thioether (sulfide) groups is 1. The van der Waals surface area contributed by atoms with Crippen LogP contribution in [-0.2, 0) is 4.79 Å². The van der Waals surface area contributed by atoms with Crippen LogP contribution in [0.4, 0.5) is 4.39 Å². The van der Waals surface area contributed by atoms with Crippen LogP contribution in [0.2, 0.25) is 0 Å². The molecular formula is C19H20FNOS. The SMILES string of the molecule is Cc1ccc(C)c(S[C@@H](C(=O)NC2CC2)c2ccc(F)cc2)c1. The fourth-order valence-corrected chi connectivity index (χ4v) is 3.61. The zero-order chi connectivity index (χ0) is 16.4. The summed E-state index contributed by atoms with van der Waals surface area (Å²) in [6.07, 6.45) is 2.10. The fraction of sp³-hybridized carbons (Fsp3) is 0.316. The van der Waals surface area contributed by atoms with E-state index in [4.69, 9.17) is 0 Å². The van der Waals surface area contributed by atoms with E-state index in [1.165, 1.54) is 29.5 Å². The Morgan fingerprint density at radius 3 is 2.52 bits per heavy atom. The van der Waals surface area contributed by atoms with Crippen molar-refractivity contribution in [3.63, 3.8) is 0 Å². The van der Waals surface area contributed by atoms with Gasteiger partial charge in [-0.1, -0.05) is 29.8 Å². The topological polar surface area (TPSA) is 29.1 Å². The van der Waals surface area contributed by atoms with Gasteiger partial charge in [-0.05, 0) is 56.0 Å². The fourth-order valence-electron chi connectivity index (χ4n) is 2.38. The van der Waals surface area contributed by atoms with Gasteiger partial charge in [0.15, 0.2) is 0 Å². The molecule has 120 valence electrons. The molecular weight excluding hydrogens is 309 g/mol. The lowest BCUT2D eigenvalue weighted by Crippen LogP contribution is -2.29.